The van der Waals surface area contributed by atoms with Crippen LogP contribution in [0.15, 0.2) is 24.3 Å². The van der Waals surface area contributed by atoms with Crippen molar-refractivity contribution in [3.8, 4) is 5.75 Å². The van der Waals surface area contributed by atoms with Gasteiger partial charge in [0, 0.05) is 19.6 Å². The number of rotatable bonds is 5. The molecule has 2 rings (SSSR count). The van der Waals surface area contributed by atoms with E-state index < -0.39 is 0 Å². The summed E-state index contributed by atoms with van der Waals surface area (Å²) in [5, 5.41) is 6.03. The van der Waals surface area contributed by atoms with Crippen LogP contribution in [-0.4, -0.2) is 45.4 Å². The number of morpholine rings is 1. The molecule has 0 radical (unpaired) electrons. The SMILES string of the molecule is COc1cccc(CCNC(=O)[C@H]2CNCCO2)c1.Cl. The van der Waals surface area contributed by atoms with Gasteiger partial charge in [0.25, 0.3) is 0 Å². The van der Waals surface area contributed by atoms with Gasteiger partial charge in [-0.3, -0.25) is 4.79 Å². The first-order chi connectivity index (χ1) is 9.29. The Morgan fingerprint density at radius 1 is 1.55 bits per heavy atom. The van der Waals surface area contributed by atoms with Crippen molar-refractivity contribution in [3.05, 3.63) is 29.8 Å². The lowest BCUT2D eigenvalue weighted by atomic mass is 10.1. The number of hydrogen-bond donors (Lipinski definition) is 2. The normalized spacial score (nSPS) is 17.9. The standard InChI is InChI=1S/C14H20N2O3.ClH/c1-18-12-4-2-3-11(9-12)5-6-16-14(17)13-10-15-7-8-19-13;/h2-4,9,13,15H,5-8,10H2,1H3,(H,16,17);1H/t13-;/m1./s1. The van der Waals surface area contributed by atoms with Gasteiger partial charge in [0.15, 0.2) is 0 Å². The summed E-state index contributed by atoms with van der Waals surface area (Å²) in [6.07, 6.45) is 0.419. The molecule has 1 atom stereocenters. The summed E-state index contributed by atoms with van der Waals surface area (Å²) in [5.41, 5.74) is 1.14. The Morgan fingerprint density at radius 3 is 3.10 bits per heavy atom. The number of nitrogens with one attached hydrogen (secondary N) is 2. The Kier molecular flexibility index (Phi) is 7.36. The van der Waals surface area contributed by atoms with E-state index in [1.165, 1.54) is 0 Å². The smallest absolute Gasteiger partial charge is 0.250 e. The average Bonchev–Trinajstić information content (AvgIpc) is 2.48. The Bertz CT molecular complexity index is 423. The highest BCUT2D eigenvalue weighted by molar-refractivity contribution is 5.85. The fraction of sp³-hybridized carbons (Fsp3) is 0.500. The molecule has 6 heteroatoms. The molecule has 1 aromatic rings. The molecule has 1 aliphatic rings. The summed E-state index contributed by atoms with van der Waals surface area (Å²) < 4.78 is 10.5. The molecule has 1 saturated heterocycles. The number of carbonyl (C=O) groups is 1. The lowest BCUT2D eigenvalue weighted by Crippen LogP contribution is -2.48. The number of benzene rings is 1. The number of hydrogen-bond acceptors (Lipinski definition) is 4. The van der Waals surface area contributed by atoms with Crippen LogP contribution in [0.4, 0.5) is 0 Å². The predicted octanol–water partition coefficient (Wildman–Crippen LogP) is 0.764. The molecule has 20 heavy (non-hydrogen) atoms. The average molecular weight is 301 g/mol. The zero-order chi connectivity index (χ0) is 13.5. The van der Waals surface area contributed by atoms with Crippen LogP contribution in [0.5, 0.6) is 5.75 Å². The van der Waals surface area contributed by atoms with Gasteiger partial charge in [-0.25, -0.2) is 0 Å². The van der Waals surface area contributed by atoms with E-state index in [4.69, 9.17) is 9.47 Å². The molecular formula is C14H21ClN2O3. The van der Waals surface area contributed by atoms with Gasteiger partial charge in [-0.15, -0.1) is 12.4 Å². The summed E-state index contributed by atoms with van der Waals surface area (Å²) >= 11 is 0. The fourth-order valence-corrected chi connectivity index (χ4v) is 2.01. The van der Waals surface area contributed by atoms with Crippen molar-refractivity contribution in [1.82, 2.24) is 10.6 Å². The molecule has 0 unspecified atom stereocenters. The second-order valence-electron chi connectivity index (χ2n) is 4.46. The van der Waals surface area contributed by atoms with E-state index in [0.29, 0.717) is 19.7 Å². The van der Waals surface area contributed by atoms with Crippen molar-refractivity contribution in [3.63, 3.8) is 0 Å². The molecule has 0 spiro atoms. The summed E-state index contributed by atoms with van der Waals surface area (Å²) in [6.45, 7) is 2.60. The van der Waals surface area contributed by atoms with E-state index in [1.54, 1.807) is 7.11 Å². The van der Waals surface area contributed by atoms with Crippen LogP contribution in [0.3, 0.4) is 0 Å². The maximum atomic E-state index is 11.8. The van der Waals surface area contributed by atoms with Crippen molar-refractivity contribution in [2.75, 3.05) is 33.4 Å². The molecule has 112 valence electrons. The first-order valence-corrected chi connectivity index (χ1v) is 6.52. The van der Waals surface area contributed by atoms with Gasteiger partial charge >= 0.3 is 0 Å². The Labute approximate surface area is 125 Å². The lowest BCUT2D eigenvalue weighted by Gasteiger charge is -2.22. The van der Waals surface area contributed by atoms with E-state index in [-0.39, 0.29) is 24.4 Å². The first kappa shape index (κ1) is 16.8. The molecule has 1 aromatic carbocycles. The van der Waals surface area contributed by atoms with Crippen molar-refractivity contribution < 1.29 is 14.3 Å². The summed E-state index contributed by atoms with van der Waals surface area (Å²) in [4.78, 5) is 11.8. The number of methoxy groups -OCH3 is 1. The van der Waals surface area contributed by atoms with Gasteiger partial charge in [-0.2, -0.15) is 0 Å². The molecule has 0 aliphatic carbocycles. The van der Waals surface area contributed by atoms with Gasteiger partial charge < -0.3 is 20.1 Å². The zero-order valence-electron chi connectivity index (χ0n) is 11.6. The summed E-state index contributed by atoms with van der Waals surface area (Å²) in [7, 11) is 1.65. The van der Waals surface area contributed by atoms with Crippen LogP contribution >= 0.6 is 12.4 Å². The Balaban J connectivity index is 0.00000200. The maximum Gasteiger partial charge on any atom is 0.250 e. The van der Waals surface area contributed by atoms with Crippen LogP contribution in [0.1, 0.15) is 5.56 Å². The van der Waals surface area contributed by atoms with Gasteiger partial charge in [-0.1, -0.05) is 12.1 Å². The third-order valence-electron chi connectivity index (χ3n) is 3.07. The topological polar surface area (TPSA) is 59.6 Å². The number of halogens is 1. The van der Waals surface area contributed by atoms with Crippen molar-refractivity contribution in [2.45, 2.75) is 12.5 Å². The van der Waals surface area contributed by atoms with Crippen LogP contribution in [-0.2, 0) is 16.0 Å². The molecule has 1 amide bonds. The van der Waals surface area contributed by atoms with E-state index >= 15 is 0 Å². The quantitative estimate of drug-likeness (QED) is 0.843. The highest BCUT2D eigenvalue weighted by Crippen LogP contribution is 2.12. The van der Waals surface area contributed by atoms with Crippen LogP contribution in [0.2, 0.25) is 0 Å². The minimum Gasteiger partial charge on any atom is -0.497 e. The lowest BCUT2D eigenvalue weighted by molar-refractivity contribution is -0.134. The van der Waals surface area contributed by atoms with Gasteiger partial charge in [0.2, 0.25) is 5.91 Å². The van der Waals surface area contributed by atoms with E-state index in [9.17, 15) is 4.79 Å². The molecule has 0 bridgehead atoms. The van der Waals surface area contributed by atoms with E-state index in [1.807, 2.05) is 24.3 Å². The monoisotopic (exact) mass is 300 g/mol. The minimum atomic E-state index is -0.362. The molecule has 5 nitrogen and oxygen atoms in total. The van der Waals surface area contributed by atoms with Crippen LogP contribution < -0.4 is 15.4 Å². The number of ether oxygens (including phenoxy) is 2. The van der Waals surface area contributed by atoms with Gasteiger partial charge in [0.1, 0.15) is 11.9 Å². The fourth-order valence-electron chi connectivity index (χ4n) is 2.01. The molecule has 0 saturated carbocycles. The molecule has 1 aliphatic heterocycles. The van der Waals surface area contributed by atoms with Gasteiger partial charge in [-0.05, 0) is 24.1 Å². The molecule has 2 N–H and O–H groups in total. The maximum absolute atomic E-state index is 11.8. The molecule has 0 aromatic heterocycles. The molecule has 1 heterocycles. The second kappa shape index (κ2) is 8.79. The van der Waals surface area contributed by atoms with E-state index in [2.05, 4.69) is 10.6 Å². The summed E-state index contributed by atoms with van der Waals surface area (Å²) in [6, 6.07) is 7.85. The molecule has 1 fully saturated rings. The summed E-state index contributed by atoms with van der Waals surface area (Å²) in [5.74, 6) is 0.790. The van der Waals surface area contributed by atoms with Crippen molar-refractivity contribution in [2.24, 2.45) is 0 Å². The van der Waals surface area contributed by atoms with Crippen molar-refractivity contribution >= 4 is 18.3 Å². The largest absolute Gasteiger partial charge is 0.497 e. The highest BCUT2D eigenvalue weighted by atomic mass is 35.5. The highest BCUT2D eigenvalue weighted by Gasteiger charge is 2.20. The first-order valence-electron chi connectivity index (χ1n) is 6.52. The van der Waals surface area contributed by atoms with Gasteiger partial charge in [0.05, 0.1) is 13.7 Å². The van der Waals surface area contributed by atoms with Crippen molar-refractivity contribution in [1.29, 1.82) is 0 Å². The third-order valence-corrected chi connectivity index (χ3v) is 3.07. The minimum absolute atomic E-state index is 0. The molecular weight excluding hydrogens is 280 g/mol. The zero-order valence-corrected chi connectivity index (χ0v) is 12.4. The third kappa shape index (κ3) is 5.00. The van der Waals surface area contributed by atoms with Crippen LogP contribution in [0.25, 0.3) is 0 Å². The number of carbonyl (C=O) groups excluding carboxylic acids is 1. The second-order valence-corrected chi connectivity index (χ2v) is 4.46. The predicted molar refractivity (Wildman–Crippen MR) is 79.6 cm³/mol. The Morgan fingerprint density at radius 2 is 2.40 bits per heavy atom. The number of amides is 1. The van der Waals surface area contributed by atoms with Crippen LogP contribution in [0, 0.1) is 0 Å². The van der Waals surface area contributed by atoms with E-state index in [0.717, 1.165) is 24.3 Å². The Hall–Kier alpha value is -1.30.